The number of thioether (sulfide) groups is 1. The number of rotatable bonds is 10. The van der Waals surface area contributed by atoms with Crippen LogP contribution in [0.1, 0.15) is 43.1 Å². The first-order valence-electron chi connectivity index (χ1n) is 13.3. The van der Waals surface area contributed by atoms with Crippen molar-refractivity contribution < 1.29 is 14.3 Å². The molecule has 4 rings (SSSR count). The number of para-hydroxylation sites is 1. The van der Waals surface area contributed by atoms with Crippen molar-refractivity contribution in [2.24, 2.45) is 5.92 Å². The van der Waals surface area contributed by atoms with Crippen LogP contribution in [-0.4, -0.2) is 34.8 Å². The molecule has 0 saturated heterocycles. The van der Waals surface area contributed by atoms with Gasteiger partial charge in [0, 0.05) is 44.1 Å². The number of ether oxygens (including phenoxy) is 1. The summed E-state index contributed by atoms with van der Waals surface area (Å²) < 4.78 is 5.85. The number of benzene rings is 2. The Hall–Kier alpha value is -3.55. The van der Waals surface area contributed by atoms with E-state index in [2.05, 4.69) is 36.3 Å². The minimum absolute atomic E-state index is 0.0920. The summed E-state index contributed by atoms with van der Waals surface area (Å²) in [5.74, 6) is -0.655. The van der Waals surface area contributed by atoms with E-state index in [9.17, 15) is 14.4 Å². The predicted octanol–water partition coefficient (Wildman–Crippen LogP) is 6.61. The van der Waals surface area contributed by atoms with Crippen molar-refractivity contribution in [3.05, 3.63) is 116 Å². The average Bonchev–Trinajstić information content (AvgIpc) is 2.95. The van der Waals surface area contributed by atoms with Crippen LogP contribution in [0, 0.1) is 5.92 Å². The third-order valence-electron chi connectivity index (χ3n) is 6.93. The molecule has 0 aliphatic heterocycles. The molecule has 0 bridgehead atoms. The Balaban J connectivity index is 1.58. The number of fused-ring (bicyclic) bond motifs is 1. The first kappa shape index (κ1) is 29.4. The van der Waals surface area contributed by atoms with Gasteiger partial charge < -0.3 is 15.0 Å². The molecule has 40 heavy (non-hydrogen) atoms. The fraction of sp³-hybridized carbons (Fsp3) is 0.281. The van der Waals surface area contributed by atoms with Gasteiger partial charge in [0.05, 0.1) is 0 Å². The second-order valence-corrected chi connectivity index (χ2v) is 11.5. The normalized spacial score (nSPS) is 17.8. The number of H-pyrrole nitrogens is 1. The largest absolute Gasteiger partial charge is 0.459 e. The van der Waals surface area contributed by atoms with Crippen LogP contribution in [0.4, 0.5) is 0 Å². The van der Waals surface area contributed by atoms with Crippen LogP contribution in [0.5, 0.6) is 0 Å². The molecule has 0 saturated carbocycles. The number of amides is 1. The lowest BCUT2D eigenvalue weighted by Gasteiger charge is -2.24. The molecule has 0 spiro atoms. The standard InChI is InChI=1S/C32H33ClN2O4S/c1-4-20(2)29(40-28-12-8-5-9-21(28)3)19-39-32(38)27(35-31(37)22-13-15-24(33)16-14-22)17-23-18-30(36)34-26-11-7-6-10-25(23)26/h5-16,18,21,27-28H,4,17,19H2,1-3H3,(H,34,36)(H,35,37). The molecule has 0 radical (unpaired) electrons. The number of nitrogens with one attached hydrogen (secondary N) is 2. The van der Waals surface area contributed by atoms with Crippen molar-refractivity contribution >= 4 is 46.1 Å². The molecule has 1 heterocycles. The lowest BCUT2D eigenvalue weighted by Crippen LogP contribution is -2.43. The van der Waals surface area contributed by atoms with Crippen LogP contribution in [0.15, 0.2) is 94.2 Å². The van der Waals surface area contributed by atoms with E-state index >= 15 is 0 Å². The Morgan fingerprint density at radius 1 is 1.10 bits per heavy atom. The molecule has 1 aromatic heterocycles. The lowest BCUT2D eigenvalue weighted by atomic mass is 10.0. The lowest BCUT2D eigenvalue weighted by molar-refractivity contribution is -0.144. The second kappa shape index (κ2) is 13.7. The third-order valence-corrected chi connectivity index (χ3v) is 8.79. The number of carbonyl (C=O) groups is 2. The highest BCUT2D eigenvalue weighted by molar-refractivity contribution is 8.03. The van der Waals surface area contributed by atoms with Crippen molar-refractivity contribution in [1.82, 2.24) is 10.3 Å². The Morgan fingerprint density at radius 3 is 2.55 bits per heavy atom. The number of esters is 1. The zero-order chi connectivity index (χ0) is 28.6. The van der Waals surface area contributed by atoms with Crippen molar-refractivity contribution in [1.29, 1.82) is 0 Å². The number of hydrogen-bond donors (Lipinski definition) is 2. The van der Waals surface area contributed by atoms with Gasteiger partial charge >= 0.3 is 5.97 Å². The van der Waals surface area contributed by atoms with Gasteiger partial charge in [-0.1, -0.05) is 73.5 Å². The molecule has 1 amide bonds. The molecule has 208 valence electrons. The molecule has 3 atom stereocenters. The Morgan fingerprint density at radius 2 is 1.82 bits per heavy atom. The fourth-order valence-electron chi connectivity index (χ4n) is 4.40. The van der Waals surface area contributed by atoms with E-state index in [-0.39, 0.29) is 23.8 Å². The summed E-state index contributed by atoms with van der Waals surface area (Å²) in [4.78, 5) is 42.9. The van der Waals surface area contributed by atoms with E-state index < -0.39 is 17.9 Å². The summed E-state index contributed by atoms with van der Waals surface area (Å²) in [6, 6.07) is 14.2. The van der Waals surface area contributed by atoms with Gasteiger partial charge in [-0.25, -0.2) is 4.79 Å². The molecule has 8 heteroatoms. The predicted molar refractivity (Wildman–Crippen MR) is 164 cm³/mol. The number of allylic oxidation sites excluding steroid dienone is 4. The Bertz CT molecular complexity index is 1520. The summed E-state index contributed by atoms with van der Waals surface area (Å²) in [6.07, 6.45) is 9.33. The molecule has 6 nitrogen and oxygen atoms in total. The van der Waals surface area contributed by atoms with Crippen LogP contribution in [0.2, 0.25) is 5.02 Å². The molecule has 3 unspecified atom stereocenters. The van der Waals surface area contributed by atoms with E-state index in [1.54, 1.807) is 42.1 Å². The van der Waals surface area contributed by atoms with Crippen molar-refractivity contribution in [3.63, 3.8) is 0 Å². The van der Waals surface area contributed by atoms with Crippen LogP contribution in [-0.2, 0) is 16.0 Å². The molecular weight excluding hydrogens is 544 g/mol. The zero-order valence-corrected chi connectivity index (χ0v) is 24.4. The Kier molecular flexibility index (Phi) is 10.1. The minimum atomic E-state index is -1.02. The van der Waals surface area contributed by atoms with Crippen LogP contribution in [0.25, 0.3) is 10.9 Å². The van der Waals surface area contributed by atoms with Crippen LogP contribution in [0.3, 0.4) is 0 Å². The highest BCUT2D eigenvalue weighted by Crippen LogP contribution is 2.33. The number of halogens is 1. The summed E-state index contributed by atoms with van der Waals surface area (Å²) in [7, 11) is 0. The maximum Gasteiger partial charge on any atom is 0.329 e. The quantitative estimate of drug-likeness (QED) is 0.265. The van der Waals surface area contributed by atoms with Gasteiger partial charge in [0.2, 0.25) is 5.56 Å². The van der Waals surface area contributed by atoms with Gasteiger partial charge in [-0.3, -0.25) is 9.59 Å². The molecule has 3 aromatic rings. The molecule has 2 aromatic carbocycles. The van der Waals surface area contributed by atoms with Crippen molar-refractivity contribution in [2.75, 3.05) is 6.61 Å². The van der Waals surface area contributed by atoms with E-state index in [1.807, 2.05) is 37.3 Å². The van der Waals surface area contributed by atoms with Crippen molar-refractivity contribution in [3.8, 4) is 0 Å². The maximum atomic E-state index is 13.6. The van der Waals surface area contributed by atoms with Crippen LogP contribution >= 0.6 is 23.4 Å². The van der Waals surface area contributed by atoms with Crippen molar-refractivity contribution in [2.45, 2.75) is 44.9 Å². The third kappa shape index (κ3) is 7.55. The van der Waals surface area contributed by atoms with Gasteiger partial charge in [0.15, 0.2) is 0 Å². The van der Waals surface area contributed by atoms with Gasteiger partial charge in [0.1, 0.15) is 12.6 Å². The first-order chi connectivity index (χ1) is 19.2. The fourth-order valence-corrected chi connectivity index (χ4v) is 5.80. The summed E-state index contributed by atoms with van der Waals surface area (Å²) in [5.41, 5.74) is 2.52. The SMILES string of the molecule is CCC(C)=C(COC(=O)C(Cc1cc(=O)[nH]c2ccccc12)NC(=O)c1ccc(Cl)cc1)SC1C=CC=CC1C. The number of aromatic amines is 1. The van der Waals surface area contributed by atoms with E-state index in [4.69, 9.17) is 16.3 Å². The highest BCUT2D eigenvalue weighted by Gasteiger charge is 2.26. The van der Waals surface area contributed by atoms with E-state index in [0.29, 0.717) is 27.6 Å². The minimum Gasteiger partial charge on any atom is -0.459 e. The van der Waals surface area contributed by atoms with Gasteiger partial charge in [-0.2, -0.15) is 0 Å². The zero-order valence-electron chi connectivity index (χ0n) is 22.8. The summed E-state index contributed by atoms with van der Waals surface area (Å²) in [6.45, 7) is 6.39. The van der Waals surface area contributed by atoms with Gasteiger partial charge in [-0.05, 0) is 55.2 Å². The summed E-state index contributed by atoms with van der Waals surface area (Å²) >= 11 is 7.68. The van der Waals surface area contributed by atoms with Gasteiger partial charge in [0.25, 0.3) is 5.91 Å². The van der Waals surface area contributed by atoms with Gasteiger partial charge in [-0.15, -0.1) is 11.8 Å². The smallest absolute Gasteiger partial charge is 0.329 e. The molecule has 1 aliphatic carbocycles. The topological polar surface area (TPSA) is 88.3 Å². The number of carbonyl (C=O) groups excluding carboxylic acids is 2. The number of hydrogen-bond acceptors (Lipinski definition) is 5. The molecule has 1 aliphatic rings. The van der Waals surface area contributed by atoms with E-state index in [0.717, 1.165) is 22.3 Å². The monoisotopic (exact) mass is 576 g/mol. The summed E-state index contributed by atoms with van der Waals surface area (Å²) in [5, 5.41) is 4.37. The van der Waals surface area contributed by atoms with E-state index in [1.165, 1.54) is 6.07 Å². The number of pyridine rings is 1. The Labute approximate surface area is 243 Å². The number of aromatic nitrogens is 1. The average molecular weight is 577 g/mol. The first-order valence-corrected chi connectivity index (χ1v) is 14.5. The van der Waals surface area contributed by atoms with Crippen LogP contribution < -0.4 is 10.9 Å². The molecule has 0 fully saturated rings. The maximum absolute atomic E-state index is 13.6. The second-order valence-electron chi connectivity index (χ2n) is 9.82. The molecule has 2 N–H and O–H groups in total. The highest BCUT2D eigenvalue weighted by atomic mass is 35.5. The molecular formula is C32H33ClN2O4S.